The predicted molar refractivity (Wildman–Crippen MR) is 75.8 cm³/mol. The van der Waals surface area contributed by atoms with Crippen molar-refractivity contribution >= 4 is 38.9 Å². The molecule has 1 aromatic carbocycles. The highest BCUT2D eigenvalue weighted by molar-refractivity contribution is 7.80. The van der Waals surface area contributed by atoms with Gasteiger partial charge in [-0.05, 0) is 31.3 Å². The molecule has 0 saturated carbocycles. The summed E-state index contributed by atoms with van der Waals surface area (Å²) in [5.41, 5.74) is 4.01. The summed E-state index contributed by atoms with van der Waals surface area (Å²) in [6.07, 6.45) is 0. The van der Waals surface area contributed by atoms with E-state index in [0.29, 0.717) is 5.11 Å². The molecule has 2 N–H and O–H groups in total. The first kappa shape index (κ1) is 12.1. The van der Waals surface area contributed by atoms with Gasteiger partial charge in [0.2, 0.25) is 4.80 Å². The van der Waals surface area contributed by atoms with Crippen LogP contribution in [0.5, 0.6) is 0 Å². The monoisotopic (exact) mass is 266 g/mol. The molecule has 0 saturated heterocycles. The highest BCUT2D eigenvalue weighted by Crippen LogP contribution is 2.14. The molecule has 0 atom stereocenters. The van der Waals surface area contributed by atoms with Gasteiger partial charge in [0, 0.05) is 13.6 Å². The predicted octanol–water partition coefficient (Wildman–Crippen LogP) is 1.54. The van der Waals surface area contributed by atoms with E-state index in [-0.39, 0.29) is 0 Å². The molecule has 0 spiro atoms. The Morgan fingerprint density at radius 2 is 2.24 bits per heavy atom. The van der Waals surface area contributed by atoms with Crippen molar-refractivity contribution in [3.63, 3.8) is 0 Å². The zero-order chi connectivity index (χ0) is 12.3. The van der Waals surface area contributed by atoms with Crippen LogP contribution >= 0.6 is 23.6 Å². The summed E-state index contributed by atoms with van der Waals surface area (Å²) in [6, 6.07) is 8.21. The van der Waals surface area contributed by atoms with Crippen molar-refractivity contribution in [1.82, 2.24) is 15.3 Å². The van der Waals surface area contributed by atoms with Crippen molar-refractivity contribution < 1.29 is 0 Å². The number of fused-ring (bicyclic) bond motifs is 1. The SMILES string of the molecule is CCNC(=S)N/N=c1\sc2ccccc2n1C. The maximum Gasteiger partial charge on any atom is 0.209 e. The van der Waals surface area contributed by atoms with Crippen molar-refractivity contribution in [2.45, 2.75) is 6.92 Å². The summed E-state index contributed by atoms with van der Waals surface area (Å²) in [5.74, 6) is 0. The van der Waals surface area contributed by atoms with Gasteiger partial charge in [-0.1, -0.05) is 23.5 Å². The number of aromatic nitrogens is 1. The Bertz CT molecular complexity index is 597. The molecule has 1 aromatic heterocycles. The fraction of sp³-hybridized carbons (Fsp3) is 0.273. The topological polar surface area (TPSA) is 41.4 Å². The third kappa shape index (κ3) is 2.65. The van der Waals surface area contributed by atoms with E-state index in [4.69, 9.17) is 12.2 Å². The average molecular weight is 266 g/mol. The van der Waals surface area contributed by atoms with Crippen LogP contribution in [0, 0.1) is 0 Å². The number of thiazole rings is 1. The van der Waals surface area contributed by atoms with E-state index in [9.17, 15) is 0 Å². The van der Waals surface area contributed by atoms with Gasteiger partial charge in [-0.15, -0.1) is 5.10 Å². The molecule has 0 bridgehead atoms. The maximum atomic E-state index is 5.06. The van der Waals surface area contributed by atoms with Gasteiger partial charge in [0.15, 0.2) is 5.11 Å². The Labute approximate surface area is 109 Å². The molecule has 0 radical (unpaired) electrons. The van der Waals surface area contributed by atoms with Crippen LogP contribution in [0.2, 0.25) is 0 Å². The van der Waals surface area contributed by atoms with Crippen molar-refractivity contribution in [1.29, 1.82) is 0 Å². The number of nitrogens with zero attached hydrogens (tertiary/aromatic N) is 2. The minimum atomic E-state index is 0.546. The molecule has 0 unspecified atom stereocenters. The van der Waals surface area contributed by atoms with E-state index in [0.717, 1.165) is 11.3 Å². The fourth-order valence-corrected chi connectivity index (χ4v) is 2.66. The summed E-state index contributed by atoms with van der Waals surface area (Å²) in [4.78, 5) is 0.895. The standard InChI is InChI=1S/C11H14N4S2/c1-3-12-10(16)13-14-11-15(2)8-6-4-5-7-9(8)17-11/h4-7H,3H2,1-2H3,(H2,12,13,16)/b14-11-. The van der Waals surface area contributed by atoms with Crippen LogP contribution in [0.15, 0.2) is 29.4 Å². The summed E-state index contributed by atoms with van der Waals surface area (Å²) in [7, 11) is 2.00. The number of thiocarbonyl (C=S) groups is 1. The second-order valence-corrected chi connectivity index (χ2v) is 4.91. The first-order valence-electron chi connectivity index (χ1n) is 5.34. The van der Waals surface area contributed by atoms with Crippen LogP contribution < -0.4 is 15.5 Å². The van der Waals surface area contributed by atoms with E-state index >= 15 is 0 Å². The quantitative estimate of drug-likeness (QED) is 0.640. The molecular weight excluding hydrogens is 252 g/mol. The molecular formula is C11H14N4S2. The van der Waals surface area contributed by atoms with Crippen LogP contribution in [-0.4, -0.2) is 16.2 Å². The van der Waals surface area contributed by atoms with Gasteiger partial charge in [0.05, 0.1) is 10.2 Å². The Morgan fingerprint density at radius 1 is 1.47 bits per heavy atom. The van der Waals surface area contributed by atoms with Gasteiger partial charge < -0.3 is 9.88 Å². The van der Waals surface area contributed by atoms with Gasteiger partial charge in [0.1, 0.15) is 0 Å². The smallest absolute Gasteiger partial charge is 0.209 e. The van der Waals surface area contributed by atoms with E-state index in [2.05, 4.69) is 28.0 Å². The lowest BCUT2D eigenvalue weighted by Gasteiger charge is -2.02. The first-order valence-corrected chi connectivity index (χ1v) is 6.57. The van der Waals surface area contributed by atoms with Gasteiger partial charge in [0.25, 0.3) is 0 Å². The van der Waals surface area contributed by atoms with Gasteiger partial charge in [-0.2, -0.15) is 0 Å². The number of aryl methyl sites for hydroxylation is 1. The fourth-order valence-electron chi connectivity index (χ4n) is 1.49. The van der Waals surface area contributed by atoms with Gasteiger partial charge in [-0.3, -0.25) is 5.43 Å². The van der Waals surface area contributed by atoms with Gasteiger partial charge in [-0.25, -0.2) is 0 Å². The molecule has 1 heterocycles. The third-order valence-corrected chi connectivity index (χ3v) is 3.65. The molecule has 0 fully saturated rings. The highest BCUT2D eigenvalue weighted by Gasteiger charge is 2.00. The number of rotatable bonds is 2. The second kappa shape index (κ2) is 5.29. The molecule has 0 aliphatic carbocycles. The highest BCUT2D eigenvalue weighted by atomic mass is 32.1. The van der Waals surface area contributed by atoms with Crippen LogP contribution in [0.25, 0.3) is 10.2 Å². The van der Waals surface area contributed by atoms with Crippen LogP contribution in [0.4, 0.5) is 0 Å². The van der Waals surface area contributed by atoms with Crippen LogP contribution in [-0.2, 0) is 7.05 Å². The summed E-state index contributed by atoms with van der Waals surface area (Å²) < 4.78 is 3.26. The number of hydrogen-bond donors (Lipinski definition) is 2. The number of nitrogens with one attached hydrogen (secondary N) is 2. The lowest BCUT2D eigenvalue weighted by molar-refractivity contribution is 0.827. The average Bonchev–Trinajstić information content (AvgIpc) is 2.65. The van der Waals surface area contributed by atoms with E-state index < -0.39 is 0 Å². The number of hydrogen-bond acceptors (Lipinski definition) is 3. The first-order chi connectivity index (χ1) is 8.22. The lowest BCUT2D eigenvalue weighted by atomic mass is 10.3. The summed E-state index contributed by atoms with van der Waals surface area (Å²) >= 11 is 6.69. The molecule has 0 aliphatic heterocycles. The molecule has 2 rings (SSSR count). The van der Waals surface area contributed by atoms with Crippen molar-refractivity contribution in [3.05, 3.63) is 29.1 Å². The Morgan fingerprint density at radius 3 is 2.94 bits per heavy atom. The van der Waals surface area contributed by atoms with Gasteiger partial charge >= 0.3 is 0 Å². The number of para-hydroxylation sites is 1. The molecule has 0 aliphatic rings. The van der Waals surface area contributed by atoms with E-state index in [1.807, 2.05) is 30.7 Å². The lowest BCUT2D eigenvalue weighted by Crippen LogP contribution is -2.33. The normalized spacial score (nSPS) is 11.8. The summed E-state index contributed by atoms with van der Waals surface area (Å²) in [6.45, 7) is 2.79. The third-order valence-electron chi connectivity index (χ3n) is 2.31. The van der Waals surface area contributed by atoms with Crippen LogP contribution in [0.1, 0.15) is 6.92 Å². The zero-order valence-corrected chi connectivity index (χ0v) is 11.4. The van der Waals surface area contributed by atoms with Crippen molar-refractivity contribution in [3.8, 4) is 0 Å². The van der Waals surface area contributed by atoms with Crippen molar-refractivity contribution in [2.75, 3.05) is 6.54 Å². The summed E-state index contributed by atoms with van der Waals surface area (Å²) in [5, 5.41) is 7.83. The molecule has 4 nitrogen and oxygen atoms in total. The van der Waals surface area contributed by atoms with E-state index in [1.54, 1.807) is 11.3 Å². The van der Waals surface area contributed by atoms with Crippen LogP contribution in [0.3, 0.4) is 0 Å². The molecule has 17 heavy (non-hydrogen) atoms. The minimum Gasteiger partial charge on any atom is -0.362 e. The largest absolute Gasteiger partial charge is 0.362 e. The molecule has 6 heteroatoms. The second-order valence-electron chi connectivity index (χ2n) is 3.49. The molecule has 2 aromatic rings. The Kier molecular flexibility index (Phi) is 3.75. The van der Waals surface area contributed by atoms with E-state index in [1.165, 1.54) is 10.2 Å². The number of benzene rings is 1. The molecule has 0 amide bonds. The van der Waals surface area contributed by atoms with Crippen molar-refractivity contribution in [2.24, 2.45) is 12.1 Å². The minimum absolute atomic E-state index is 0.546. The Balaban J connectivity index is 2.32. The molecule has 90 valence electrons. The zero-order valence-electron chi connectivity index (χ0n) is 9.73. The Hall–Kier alpha value is -1.40. The maximum absolute atomic E-state index is 5.06.